The van der Waals surface area contributed by atoms with Crippen LogP contribution >= 0.6 is 0 Å². The van der Waals surface area contributed by atoms with Crippen LogP contribution in [-0.4, -0.2) is 52.6 Å². The maximum Gasteiger partial charge on any atom is 0.240 e. The monoisotopic (exact) mass is 264 g/mol. The fraction of sp³-hybridized carbons (Fsp3) is 0.692. The summed E-state index contributed by atoms with van der Waals surface area (Å²) in [7, 11) is 1.87. The van der Waals surface area contributed by atoms with E-state index in [9.17, 15) is 4.79 Å². The molecule has 0 spiro atoms. The molecule has 3 unspecified atom stereocenters. The molecule has 1 amide bonds. The molecule has 6 nitrogen and oxygen atoms in total. The van der Waals surface area contributed by atoms with Gasteiger partial charge in [0.25, 0.3) is 0 Å². The first kappa shape index (κ1) is 12.6. The van der Waals surface area contributed by atoms with Crippen molar-refractivity contribution in [2.24, 2.45) is 0 Å². The first-order valence-corrected chi connectivity index (χ1v) is 6.79. The Hall–Kier alpha value is -1.40. The highest BCUT2D eigenvalue weighted by atomic mass is 16.5. The molecule has 19 heavy (non-hydrogen) atoms. The normalized spacial score (nSPS) is 30.1. The van der Waals surface area contributed by atoms with Gasteiger partial charge >= 0.3 is 0 Å². The summed E-state index contributed by atoms with van der Waals surface area (Å²) in [5.74, 6) is 0.135. The Morgan fingerprint density at radius 2 is 2.42 bits per heavy atom. The summed E-state index contributed by atoms with van der Waals surface area (Å²) in [5.41, 5.74) is 2.09. The van der Waals surface area contributed by atoms with Gasteiger partial charge in [-0.1, -0.05) is 0 Å². The van der Waals surface area contributed by atoms with Gasteiger partial charge in [-0.2, -0.15) is 0 Å². The average Bonchev–Trinajstić information content (AvgIpc) is 3.04. The van der Waals surface area contributed by atoms with Crippen LogP contribution in [0.15, 0.2) is 6.33 Å². The number of hydrogen-bond donors (Lipinski definition) is 2. The van der Waals surface area contributed by atoms with Crippen LogP contribution in [0.4, 0.5) is 0 Å². The van der Waals surface area contributed by atoms with Gasteiger partial charge in [0.15, 0.2) is 0 Å². The second-order valence-corrected chi connectivity index (χ2v) is 5.35. The van der Waals surface area contributed by atoms with Crippen molar-refractivity contribution in [1.82, 2.24) is 20.2 Å². The van der Waals surface area contributed by atoms with E-state index >= 15 is 0 Å². The van der Waals surface area contributed by atoms with E-state index in [4.69, 9.17) is 4.74 Å². The molecule has 2 N–H and O–H groups in total. The van der Waals surface area contributed by atoms with Gasteiger partial charge in [0, 0.05) is 26.6 Å². The molecule has 6 heteroatoms. The summed E-state index contributed by atoms with van der Waals surface area (Å²) in [6, 6.07) is 0.0171. The second kappa shape index (κ2) is 4.94. The topological polar surface area (TPSA) is 70.2 Å². The molecular weight excluding hydrogens is 244 g/mol. The van der Waals surface area contributed by atoms with Crippen LogP contribution in [0.5, 0.6) is 0 Å². The van der Waals surface area contributed by atoms with Gasteiger partial charge in [-0.25, -0.2) is 4.98 Å². The zero-order chi connectivity index (χ0) is 13.4. The molecule has 1 aromatic heterocycles. The van der Waals surface area contributed by atoms with E-state index in [2.05, 4.69) is 15.3 Å². The number of hydrogen-bond acceptors (Lipinski definition) is 4. The Balaban J connectivity index is 1.68. The molecule has 0 saturated carbocycles. The van der Waals surface area contributed by atoms with Gasteiger partial charge < -0.3 is 14.6 Å². The Bertz CT molecular complexity index is 473. The van der Waals surface area contributed by atoms with Crippen LogP contribution in [0.3, 0.4) is 0 Å². The summed E-state index contributed by atoms with van der Waals surface area (Å²) in [4.78, 5) is 21.7. The van der Waals surface area contributed by atoms with E-state index in [-0.39, 0.29) is 24.1 Å². The lowest BCUT2D eigenvalue weighted by Gasteiger charge is -2.32. The summed E-state index contributed by atoms with van der Waals surface area (Å²) in [5, 5.41) is 3.28. The molecule has 1 fully saturated rings. The van der Waals surface area contributed by atoms with Crippen LogP contribution in [0, 0.1) is 0 Å². The van der Waals surface area contributed by atoms with E-state index in [1.54, 1.807) is 6.33 Å². The molecule has 2 aliphatic heterocycles. The fourth-order valence-electron chi connectivity index (χ4n) is 2.98. The maximum atomic E-state index is 12.5. The molecule has 0 radical (unpaired) electrons. The minimum Gasteiger partial charge on any atom is -0.376 e. The second-order valence-electron chi connectivity index (χ2n) is 5.35. The number of carbonyl (C=O) groups excluding carboxylic acids is 1. The predicted octanol–water partition coefficient (Wildman–Crippen LogP) is 0.0598. The van der Waals surface area contributed by atoms with Crippen molar-refractivity contribution < 1.29 is 9.53 Å². The third kappa shape index (κ3) is 2.26. The number of amides is 1. The SMILES string of the molecule is CC1OCCC1N(C)C(=O)C1Cc2nc[nH]c2CN1. The molecular formula is C13H20N4O2. The van der Waals surface area contributed by atoms with Crippen molar-refractivity contribution in [2.45, 2.75) is 44.5 Å². The van der Waals surface area contributed by atoms with E-state index in [1.165, 1.54) is 0 Å². The molecule has 0 bridgehead atoms. The number of likely N-dealkylation sites (N-methyl/N-ethyl adjacent to an activating group) is 1. The number of aromatic amines is 1. The van der Waals surface area contributed by atoms with Crippen molar-refractivity contribution in [2.75, 3.05) is 13.7 Å². The number of nitrogens with one attached hydrogen (secondary N) is 2. The first-order chi connectivity index (χ1) is 9.16. The van der Waals surface area contributed by atoms with Crippen LogP contribution in [0.2, 0.25) is 0 Å². The van der Waals surface area contributed by atoms with Gasteiger partial charge in [0.05, 0.1) is 35.9 Å². The van der Waals surface area contributed by atoms with E-state index < -0.39 is 0 Å². The summed E-state index contributed by atoms with van der Waals surface area (Å²) in [6.45, 7) is 3.45. The number of carbonyl (C=O) groups is 1. The molecule has 3 rings (SSSR count). The first-order valence-electron chi connectivity index (χ1n) is 6.79. The third-order valence-corrected chi connectivity index (χ3v) is 4.21. The van der Waals surface area contributed by atoms with Gasteiger partial charge in [-0.05, 0) is 13.3 Å². The highest BCUT2D eigenvalue weighted by molar-refractivity contribution is 5.82. The summed E-state index contributed by atoms with van der Waals surface area (Å²) < 4.78 is 5.54. The van der Waals surface area contributed by atoms with Gasteiger partial charge in [0.1, 0.15) is 0 Å². The molecule has 0 aromatic carbocycles. The van der Waals surface area contributed by atoms with Gasteiger partial charge in [0.2, 0.25) is 5.91 Å². The Morgan fingerprint density at radius 1 is 1.58 bits per heavy atom. The molecule has 3 atom stereocenters. The number of imidazole rings is 1. The van der Waals surface area contributed by atoms with Crippen molar-refractivity contribution >= 4 is 5.91 Å². The quantitative estimate of drug-likeness (QED) is 0.792. The molecule has 2 aliphatic rings. The van der Waals surface area contributed by atoms with E-state index in [0.29, 0.717) is 13.0 Å². The minimum absolute atomic E-state index is 0.124. The largest absolute Gasteiger partial charge is 0.376 e. The Morgan fingerprint density at radius 3 is 3.16 bits per heavy atom. The standard InChI is InChI=1S/C13H20N4O2/c1-8-12(3-4-19-8)17(2)13(18)10-5-9-11(6-14-10)16-7-15-9/h7-8,10,12,14H,3-6H2,1-2H3,(H,15,16). The highest BCUT2D eigenvalue weighted by Crippen LogP contribution is 2.20. The van der Waals surface area contributed by atoms with E-state index in [0.717, 1.165) is 24.4 Å². The summed E-state index contributed by atoms with van der Waals surface area (Å²) >= 11 is 0. The lowest BCUT2D eigenvalue weighted by molar-refractivity contribution is -0.135. The van der Waals surface area contributed by atoms with Crippen LogP contribution in [-0.2, 0) is 22.5 Å². The molecule has 1 saturated heterocycles. The minimum atomic E-state index is -0.173. The fourth-order valence-corrected chi connectivity index (χ4v) is 2.98. The molecule has 104 valence electrons. The highest BCUT2D eigenvalue weighted by Gasteiger charge is 2.35. The van der Waals surface area contributed by atoms with Crippen molar-refractivity contribution in [3.63, 3.8) is 0 Å². The van der Waals surface area contributed by atoms with Crippen LogP contribution in [0.1, 0.15) is 24.7 Å². The number of nitrogens with zero attached hydrogens (tertiary/aromatic N) is 2. The molecule has 3 heterocycles. The lowest BCUT2D eigenvalue weighted by atomic mass is 10.0. The Kier molecular flexibility index (Phi) is 3.28. The third-order valence-electron chi connectivity index (χ3n) is 4.21. The number of fused-ring (bicyclic) bond motifs is 1. The predicted molar refractivity (Wildman–Crippen MR) is 69.5 cm³/mol. The number of aromatic nitrogens is 2. The number of ether oxygens (including phenoxy) is 1. The van der Waals surface area contributed by atoms with Crippen molar-refractivity contribution in [3.05, 3.63) is 17.7 Å². The van der Waals surface area contributed by atoms with Crippen molar-refractivity contribution in [3.8, 4) is 0 Å². The zero-order valence-electron chi connectivity index (χ0n) is 11.3. The van der Waals surface area contributed by atoms with Crippen LogP contribution < -0.4 is 5.32 Å². The van der Waals surface area contributed by atoms with Gasteiger partial charge in [-0.15, -0.1) is 0 Å². The smallest absolute Gasteiger partial charge is 0.240 e. The van der Waals surface area contributed by atoms with Crippen molar-refractivity contribution in [1.29, 1.82) is 0 Å². The summed E-state index contributed by atoms with van der Waals surface area (Å²) in [6.07, 6.45) is 3.39. The Labute approximate surface area is 112 Å². The molecule has 0 aliphatic carbocycles. The van der Waals surface area contributed by atoms with Gasteiger partial charge in [-0.3, -0.25) is 10.1 Å². The zero-order valence-corrected chi connectivity index (χ0v) is 11.3. The lowest BCUT2D eigenvalue weighted by Crippen LogP contribution is -2.52. The number of H-pyrrole nitrogens is 1. The maximum absolute atomic E-state index is 12.5. The number of rotatable bonds is 2. The van der Waals surface area contributed by atoms with E-state index in [1.807, 2.05) is 18.9 Å². The van der Waals surface area contributed by atoms with Crippen LogP contribution in [0.25, 0.3) is 0 Å². The molecule has 1 aromatic rings. The average molecular weight is 264 g/mol.